The van der Waals surface area contributed by atoms with E-state index in [1.54, 1.807) is 31.4 Å². The van der Waals surface area contributed by atoms with Crippen molar-refractivity contribution in [2.75, 3.05) is 13.7 Å². The lowest BCUT2D eigenvalue weighted by Gasteiger charge is -2.10. The molecule has 126 valence electrons. The minimum atomic E-state index is -0.898. The van der Waals surface area contributed by atoms with E-state index in [-0.39, 0.29) is 24.3 Å². The summed E-state index contributed by atoms with van der Waals surface area (Å²) in [6, 6.07) is 10.6. The zero-order valence-electron chi connectivity index (χ0n) is 13.2. The Hall–Kier alpha value is -2.89. The number of hydrogen-bond acceptors (Lipinski definition) is 4. The van der Waals surface area contributed by atoms with Gasteiger partial charge in [0.15, 0.2) is 0 Å². The largest absolute Gasteiger partial charge is 0.507 e. The third kappa shape index (κ3) is 4.55. The topological polar surface area (TPSA) is 79.1 Å². The molecule has 5 nitrogen and oxygen atoms in total. The van der Waals surface area contributed by atoms with Gasteiger partial charge in [0.2, 0.25) is 0 Å². The van der Waals surface area contributed by atoms with Gasteiger partial charge in [-0.3, -0.25) is 9.79 Å². The highest BCUT2D eigenvalue weighted by Crippen LogP contribution is 2.23. The van der Waals surface area contributed by atoms with Crippen molar-refractivity contribution < 1.29 is 24.1 Å². The number of aliphatic carboxylic acids is 1. The zero-order chi connectivity index (χ0) is 17.5. The molecule has 2 rings (SSSR count). The number of rotatable bonds is 7. The Morgan fingerprint density at radius 1 is 1.21 bits per heavy atom. The molecule has 0 radical (unpaired) electrons. The smallest absolute Gasteiger partial charge is 0.303 e. The van der Waals surface area contributed by atoms with Crippen molar-refractivity contribution in [3.8, 4) is 11.5 Å². The molecule has 0 saturated carbocycles. The van der Waals surface area contributed by atoms with Gasteiger partial charge in [-0.15, -0.1) is 0 Å². The number of carbonyl (C=O) groups is 1. The first-order valence-electron chi connectivity index (χ1n) is 7.41. The summed E-state index contributed by atoms with van der Waals surface area (Å²) in [5.41, 5.74) is 1.34. The van der Waals surface area contributed by atoms with E-state index in [2.05, 4.69) is 4.99 Å². The summed E-state index contributed by atoms with van der Waals surface area (Å²) in [7, 11) is 1.55. The van der Waals surface area contributed by atoms with Gasteiger partial charge in [-0.1, -0.05) is 0 Å². The number of carboxylic acid groups (broad SMARTS) is 1. The van der Waals surface area contributed by atoms with Gasteiger partial charge < -0.3 is 14.9 Å². The van der Waals surface area contributed by atoms with E-state index in [1.807, 2.05) is 0 Å². The fourth-order valence-corrected chi connectivity index (χ4v) is 2.20. The average molecular weight is 331 g/mol. The van der Waals surface area contributed by atoms with Crippen molar-refractivity contribution >= 4 is 11.7 Å². The fraction of sp³-hybridized carbons (Fsp3) is 0.222. The first-order chi connectivity index (χ1) is 11.5. The summed E-state index contributed by atoms with van der Waals surface area (Å²) >= 11 is 0. The van der Waals surface area contributed by atoms with Gasteiger partial charge in [0.1, 0.15) is 17.3 Å². The molecule has 0 heterocycles. The van der Waals surface area contributed by atoms with Crippen molar-refractivity contribution in [3.63, 3.8) is 0 Å². The first kappa shape index (κ1) is 17.5. The molecule has 0 aliphatic rings. The SMILES string of the molecule is COc1ccc(C(=NCCCC(=O)O)c2cc(F)ccc2O)cc1. The summed E-state index contributed by atoms with van der Waals surface area (Å²) < 4.78 is 18.7. The molecule has 0 unspecified atom stereocenters. The second-order valence-corrected chi connectivity index (χ2v) is 5.12. The van der Waals surface area contributed by atoms with Crippen LogP contribution in [0, 0.1) is 5.82 Å². The van der Waals surface area contributed by atoms with Crippen molar-refractivity contribution in [3.05, 3.63) is 59.4 Å². The first-order valence-corrected chi connectivity index (χ1v) is 7.41. The van der Waals surface area contributed by atoms with E-state index in [0.717, 1.165) is 6.07 Å². The normalized spacial score (nSPS) is 11.3. The monoisotopic (exact) mass is 331 g/mol. The van der Waals surface area contributed by atoms with Gasteiger partial charge in [0.25, 0.3) is 0 Å². The van der Waals surface area contributed by atoms with Gasteiger partial charge in [0.05, 0.1) is 12.8 Å². The number of methoxy groups -OCH3 is 1. The molecule has 6 heteroatoms. The maximum absolute atomic E-state index is 13.6. The fourth-order valence-electron chi connectivity index (χ4n) is 2.20. The Kier molecular flexibility index (Phi) is 5.89. The van der Waals surface area contributed by atoms with E-state index in [1.165, 1.54) is 12.1 Å². The Bertz CT molecular complexity index is 741. The molecule has 0 bridgehead atoms. The number of halogens is 1. The maximum Gasteiger partial charge on any atom is 0.303 e. The Balaban J connectivity index is 2.38. The lowest BCUT2D eigenvalue weighted by atomic mass is 10.0. The molecule has 2 N–H and O–H groups in total. The van der Waals surface area contributed by atoms with Gasteiger partial charge >= 0.3 is 5.97 Å². The van der Waals surface area contributed by atoms with Crippen LogP contribution in [0.15, 0.2) is 47.5 Å². The molecule has 0 amide bonds. The van der Waals surface area contributed by atoms with Gasteiger partial charge in [0, 0.05) is 24.1 Å². The number of phenolic OH excluding ortho intramolecular Hbond substituents is 1. The number of hydrogen-bond donors (Lipinski definition) is 2. The Labute approximate surface area is 139 Å². The molecular formula is C18H18FNO4. The predicted octanol–water partition coefficient (Wildman–Crippen LogP) is 3.24. The summed E-state index contributed by atoms with van der Waals surface area (Å²) in [5, 5.41) is 18.7. The number of ether oxygens (including phenoxy) is 1. The number of benzene rings is 2. The molecule has 0 fully saturated rings. The Morgan fingerprint density at radius 3 is 2.54 bits per heavy atom. The summed E-state index contributed by atoms with van der Waals surface area (Å²) in [6.45, 7) is 0.254. The maximum atomic E-state index is 13.6. The van der Waals surface area contributed by atoms with Crippen LogP contribution in [-0.4, -0.2) is 35.5 Å². The van der Waals surface area contributed by atoms with E-state index in [9.17, 15) is 14.3 Å². The van der Waals surface area contributed by atoms with E-state index in [4.69, 9.17) is 9.84 Å². The minimum absolute atomic E-state index is 0.00543. The highest BCUT2D eigenvalue weighted by atomic mass is 19.1. The highest BCUT2D eigenvalue weighted by Gasteiger charge is 2.13. The van der Waals surface area contributed by atoms with E-state index < -0.39 is 11.8 Å². The second kappa shape index (κ2) is 8.10. The van der Waals surface area contributed by atoms with Gasteiger partial charge in [-0.2, -0.15) is 0 Å². The quantitative estimate of drug-likeness (QED) is 0.603. The average Bonchev–Trinajstić information content (AvgIpc) is 2.57. The molecule has 24 heavy (non-hydrogen) atoms. The number of nitrogens with zero attached hydrogens (tertiary/aromatic N) is 1. The van der Waals surface area contributed by atoms with Crippen LogP contribution in [0.1, 0.15) is 24.0 Å². The van der Waals surface area contributed by atoms with Crippen LogP contribution >= 0.6 is 0 Å². The van der Waals surface area contributed by atoms with Crippen molar-refractivity contribution in [1.82, 2.24) is 0 Å². The lowest BCUT2D eigenvalue weighted by molar-refractivity contribution is -0.137. The molecule has 0 aliphatic carbocycles. The van der Waals surface area contributed by atoms with Crippen molar-refractivity contribution in [1.29, 1.82) is 0 Å². The number of carboxylic acids is 1. The summed E-state index contributed by atoms with van der Waals surface area (Å²) in [5.74, 6) is -0.823. The number of aliphatic imine (C=N–C) groups is 1. The molecule has 2 aromatic carbocycles. The minimum Gasteiger partial charge on any atom is -0.507 e. The molecule has 0 spiro atoms. The molecule has 0 saturated heterocycles. The number of phenols is 1. The Morgan fingerprint density at radius 2 is 1.92 bits per heavy atom. The van der Waals surface area contributed by atoms with Crippen LogP contribution in [0.5, 0.6) is 11.5 Å². The third-order valence-electron chi connectivity index (χ3n) is 3.40. The zero-order valence-corrected chi connectivity index (χ0v) is 13.2. The predicted molar refractivity (Wildman–Crippen MR) is 88.4 cm³/mol. The number of aromatic hydroxyl groups is 1. The lowest BCUT2D eigenvalue weighted by Crippen LogP contribution is -2.06. The molecular weight excluding hydrogens is 313 g/mol. The van der Waals surface area contributed by atoms with Crippen LogP contribution in [0.4, 0.5) is 4.39 Å². The van der Waals surface area contributed by atoms with Crippen LogP contribution < -0.4 is 4.74 Å². The van der Waals surface area contributed by atoms with Crippen molar-refractivity contribution in [2.45, 2.75) is 12.8 Å². The molecule has 0 aromatic heterocycles. The van der Waals surface area contributed by atoms with Crippen LogP contribution in [0.25, 0.3) is 0 Å². The molecule has 0 atom stereocenters. The van der Waals surface area contributed by atoms with E-state index in [0.29, 0.717) is 23.4 Å². The van der Waals surface area contributed by atoms with Crippen molar-refractivity contribution in [2.24, 2.45) is 4.99 Å². The summed E-state index contributed by atoms with van der Waals surface area (Å²) in [6.07, 6.45) is 0.347. The van der Waals surface area contributed by atoms with Crippen LogP contribution in [-0.2, 0) is 4.79 Å². The third-order valence-corrected chi connectivity index (χ3v) is 3.40. The highest BCUT2D eigenvalue weighted by molar-refractivity contribution is 6.14. The van der Waals surface area contributed by atoms with Gasteiger partial charge in [-0.25, -0.2) is 4.39 Å². The van der Waals surface area contributed by atoms with Crippen LogP contribution in [0.2, 0.25) is 0 Å². The molecule has 2 aromatic rings. The van der Waals surface area contributed by atoms with Gasteiger partial charge in [-0.05, 0) is 48.9 Å². The summed E-state index contributed by atoms with van der Waals surface area (Å²) in [4.78, 5) is 15.0. The molecule has 0 aliphatic heterocycles. The van der Waals surface area contributed by atoms with E-state index >= 15 is 0 Å². The second-order valence-electron chi connectivity index (χ2n) is 5.12. The standard InChI is InChI=1S/C18H18FNO4/c1-24-14-7-4-12(5-8-14)18(20-10-2-3-17(22)23)15-11-13(19)6-9-16(15)21/h4-9,11,21H,2-3,10H2,1H3,(H,22,23). The van der Waals surface area contributed by atoms with Crippen LogP contribution in [0.3, 0.4) is 0 Å².